The molecule has 0 aliphatic carbocycles. The van der Waals surface area contributed by atoms with Crippen molar-refractivity contribution in [3.8, 4) is 11.1 Å². The Morgan fingerprint density at radius 2 is 2.05 bits per heavy atom. The third-order valence-corrected chi connectivity index (χ3v) is 3.08. The molecule has 0 saturated heterocycles. The van der Waals surface area contributed by atoms with Crippen molar-refractivity contribution in [2.24, 2.45) is 5.73 Å². The molecule has 5 heteroatoms. The van der Waals surface area contributed by atoms with Gasteiger partial charge in [-0.1, -0.05) is 24.3 Å². The molecule has 0 bridgehead atoms. The molecule has 4 N–H and O–H groups in total. The van der Waals surface area contributed by atoms with Gasteiger partial charge in [-0.05, 0) is 37.6 Å². The van der Waals surface area contributed by atoms with E-state index >= 15 is 0 Å². The fourth-order valence-electron chi connectivity index (χ4n) is 1.95. The van der Waals surface area contributed by atoms with Gasteiger partial charge in [0.15, 0.2) is 0 Å². The monoisotopic (exact) mass is 272 g/mol. The van der Waals surface area contributed by atoms with Gasteiger partial charge in [-0.3, -0.25) is 4.79 Å². The van der Waals surface area contributed by atoms with Gasteiger partial charge in [0, 0.05) is 12.7 Å². The van der Waals surface area contributed by atoms with Crippen LogP contribution in [0.3, 0.4) is 0 Å². The lowest BCUT2D eigenvalue weighted by molar-refractivity contribution is 0.655. The molecule has 1 heterocycles. The van der Waals surface area contributed by atoms with Crippen molar-refractivity contribution in [2.75, 3.05) is 13.1 Å². The first-order valence-electron chi connectivity index (χ1n) is 6.77. The van der Waals surface area contributed by atoms with E-state index in [9.17, 15) is 4.79 Å². The number of hydrogen-bond acceptors (Lipinski definition) is 4. The summed E-state index contributed by atoms with van der Waals surface area (Å²) in [7, 11) is 0. The standard InChI is InChI=1S/C15H20N4O/c1-11-18-10-14(15(20)19-11)13-5-3-12(4-6-13)9-17-8-2-7-16/h3-6,10,17H,2,7-9,16H2,1H3,(H,18,19,20). The number of hydrogen-bond donors (Lipinski definition) is 3. The maximum atomic E-state index is 11.8. The van der Waals surface area contributed by atoms with Crippen LogP contribution >= 0.6 is 0 Å². The van der Waals surface area contributed by atoms with Crippen molar-refractivity contribution >= 4 is 0 Å². The maximum Gasteiger partial charge on any atom is 0.280 e. The molecule has 0 aliphatic rings. The Hall–Kier alpha value is -1.98. The average Bonchev–Trinajstić information content (AvgIpc) is 2.45. The van der Waals surface area contributed by atoms with E-state index in [2.05, 4.69) is 15.3 Å². The molecule has 0 unspecified atom stereocenters. The Kier molecular flexibility index (Phi) is 5.03. The first kappa shape index (κ1) is 14.4. The second-order valence-electron chi connectivity index (χ2n) is 4.72. The molecule has 0 atom stereocenters. The summed E-state index contributed by atoms with van der Waals surface area (Å²) >= 11 is 0. The molecule has 2 aromatic rings. The summed E-state index contributed by atoms with van der Waals surface area (Å²) in [6, 6.07) is 7.93. The molecule has 0 amide bonds. The lowest BCUT2D eigenvalue weighted by Crippen LogP contribution is -2.17. The lowest BCUT2D eigenvalue weighted by atomic mass is 10.1. The highest BCUT2D eigenvalue weighted by molar-refractivity contribution is 5.61. The van der Waals surface area contributed by atoms with E-state index in [0.717, 1.165) is 25.1 Å². The summed E-state index contributed by atoms with van der Waals surface area (Å²) < 4.78 is 0. The fraction of sp³-hybridized carbons (Fsp3) is 0.333. The van der Waals surface area contributed by atoms with Crippen molar-refractivity contribution in [3.63, 3.8) is 0 Å². The van der Waals surface area contributed by atoms with Crippen LogP contribution in [0, 0.1) is 6.92 Å². The third-order valence-electron chi connectivity index (χ3n) is 3.08. The Bertz CT molecular complexity index is 604. The first-order chi connectivity index (χ1) is 9.70. The summed E-state index contributed by atoms with van der Waals surface area (Å²) in [6.07, 6.45) is 2.68. The largest absolute Gasteiger partial charge is 0.349 e. The van der Waals surface area contributed by atoms with Crippen molar-refractivity contribution in [3.05, 3.63) is 52.2 Å². The van der Waals surface area contributed by atoms with Crippen molar-refractivity contribution < 1.29 is 0 Å². The van der Waals surface area contributed by atoms with Gasteiger partial charge in [-0.15, -0.1) is 0 Å². The van der Waals surface area contributed by atoms with Gasteiger partial charge in [0.05, 0.1) is 5.56 Å². The number of nitrogens with one attached hydrogen (secondary N) is 2. The topological polar surface area (TPSA) is 83.8 Å². The van der Waals surface area contributed by atoms with Gasteiger partial charge in [-0.2, -0.15) is 4.98 Å². The number of rotatable bonds is 6. The van der Waals surface area contributed by atoms with Gasteiger partial charge in [0.2, 0.25) is 0 Å². The van der Waals surface area contributed by atoms with Crippen LogP contribution in [-0.4, -0.2) is 23.1 Å². The summed E-state index contributed by atoms with van der Waals surface area (Å²) in [5.41, 5.74) is 7.90. The van der Waals surface area contributed by atoms with Crippen LogP contribution < -0.4 is 16.6 Å². The molecule has 2 rings (SSSR count). The van der Waals surface area contributed by atoms with E-state index in [-0.39, 0.29) is 5.56 Å². The average molecular weight is 272 g/mol. The Labute approximate surface area is 118 Å². The van der Waals surface area contributed by atoms with Gasteiger partial charge < -0.3 is 16.0 Å². The minimum atomic E-state index is -0.199. The van der Waals surface area contributed by atoms with Crippen LogP contribution in [0.4, 0.5) is 0 Å². The molecular weight excluding hydrogens is 252 g/mol. The Balaban J connectivity index is 2.06. The molecular formula is C15H20N4O. The van der Waals surface area contributed by atoms with Crippen LogP contribution in [0.2, 0.25) is 0 Å². The molecule has 5 nitrogen and oxygen atoms in total. The Morgan fingerprint density at radius 3 is 2.70 bits per heavy atom. The second-order valence-corrected chi connectivity index (χ2v) is 4.72. The number of aryl methyl sites for hydroxylation is 1. The quantitative estimate of drug-likeness (QED) is 0.690. The highest BCUT2D eigenvalue weighted by Gasteiger charge is 2.04. The number of nitrogens with zero attached hydrogens (tertiary/aromatic N) is 1. The highest BCUT2D eigenvalue weighted by Crippen LogP contribution is 2.15. The molecule has 1 aromatic carbocycles. The summed E-state index contributed by atoms with van der Waals surface area (Å²) in [6.45, 7) is 4.19. The zero-order valence-electron chi connectivity index (χ0n) is 11.6. The first-order valence-corrected chi connectivity index (χ1v) is 6.77. The third kappa shape index (κ3) is 3.76. The van der Waals surface area contributed by atoms with Crippen molar-refractivity contribution in [2.45, 2.75) is 19.9 Å². The highest BCUT2D eigenvalue weighted by atomic mass is 16.1. The van der Waals surface area contributed by atoms with E-state index < -0.39 is 0 Å². The molecule has 0 aliphatic heterocycles. The number of H-pyrrole nitrogens is 1. The minimum absolute atomic E-state index is 0.199. The number of benzene rings is 1. The van der Waals surface area contributed by atoms with Crippen molar-refractivity contribution in [1.29, 1.82) is 0 Å². The van der Waals surface area contributed by atoms with E-state index in [4.69, 9.17) is 5.73 Å². The van der Waals surface area contributed by atoms with Gasteiger partial charge in [0.25, 0.3) is 5.56 Å². The maximum absolute atomic E-state index is 11.8. The Morgan fingerprint density at radius 1 is 1.30 bits per heavy atom. The summed E-state index contributed by atoms with van der Waals surface area (Å²) in [4.78, 5) is 18.7. The fourth-order valence-corrected chi connectivity index (χ4v) is 1.95. The van der Waals surface area contributed by atoms with Crippen LogP contribution in [0.15, 0.2) is 35.3 Å². The number of nitrogens with two attached hydrogens (primary N) is 1. The zero-order chi connectivity index (χ0) is 14.4. The lowest BCUT2D eigenvalue weighted by Gasteiger charge is -2.06. The van der Waals surface area contributed by atoms with Gasteiger partial charge >= 0.3 is 0 Å². The van der Waals surface area contributed by atoms with E-state index in [1.54, 1.807) is 13.1 Å². The van der Waals surface area contributed by atoms with Crippen molar-refractivity contribution in [1.82, 2.24) is 15.3 Å². The second kappa shape index (κ2) is 6.98. The van der Waals surface area contributed by atoms with E-state index in [1.165, 1.54) is 5.56 Å². The predicted molar refractivity (Wildman–Crippen MR) is 80.4 cm³/mol. The molecule has 0 spiro atoms. The molecule has 20 heavy (non-hydrogen) atoms. The SMILES string of the molecule is Cc1nc(=O)c(-c2ccc(CNCCCN)cc2)c[nH]1. The molecule has 0 radical (unpaired) electrons. The van der Waals surface area contributed by atoms with Crippen LogP contribution in [0.5, 0.6) is 0 Å². The van der Waals surface area contributed by atoms with E-state index in [0.29, 0.717) is 17.9 Å². The normalized spacial score (nSPS) is 10.7. The zero-order valence-corrected chi connectivity index (χ0v) is 11.6. The molecule has 0 saturated carbocycles. The predicted octanol–water partition coefficient (Wildman–Crippen LogP) is 1.18. The van der Waals surface area contributed by atoms with E-state index in [1.807, 2.05) is 24.3 Å². The molecule has 1 aromatic heterocycles. The van der Waals surface area contributed by atoms with Crippen LogP contribution in [0.1, 0.15) is 17.8 Å². The molecule has 106 valence electrons. The summed E-state index contributed by atoms with van der Waals surface area (Å²) in [5, 5.41) is 3.32. The number of aromatic amines is 1. The smallest absolute Gasteiger partial charge is 0.280 e. The molecule has 0 fully saturated rings. The summed E-state index contributed by atoms with van der Waals surface area (Å²) in [5.74, 6) is 0.625. The number of aromatic nitrogens is 2. The minimum Gasteiger partial charge on any atom is -0.349 e. The van der Waals surface area contributed by atoms with Gasteiger partial charge in [-0.25, -0.2) is 0 Å². The van der Waals surface area contributed by atoms with Crippen LogP contribution in [0.25, 0.3) is 11.1 Å². The van der Waals surface area contributed by atoms with Crippen LogP contribution in [-0.2, 0) is 6.54 Å². The van der Waals surface area contributed by atoms with Gasteiger partial charge in [0.1, 0.15) is 5.82 Å².